The maximum absolute atomic E-state index is 10.9. The Morgan fingerprint density at radius 2 is 1.57 bits per heavy atom. The number of hydrogen-bond donors (Lipinski definition) is 1. The monoisotopic (exact) mass is 290 g/mol. The Labute approximate surface area is 129 Å². The van der Waals surface area contributed by atoms with E-state index in [1.807, 2.05) is 0 Å². The van der Waals surface area contributed by atoms with Crippen LogP contribution in [0.2, 0.25) is 0 Å². The van der Waals surface area contributed by atoms with Gasteiger partial charge in [0.15, 0.2) is 0 Å². The van der Waals surface area contributed by atoms with Crippen molar-refractivity contribution in [3.8, 4) is 0 Å². The summed E-state index contributed by atoms with van der Waals surface area (Å²) in [6.07, 6.45) is 7.10. The van der Waals surface area contributed by atoms with Gasteiger partial charge in [-0.15, -0.1) is 0 Å². The molecule has 2 heteroatoms. The summed E-state index contributed by atoms with van der Waals surface area (Å²) in [6, 6.07) is 4.42. The van der Waals surface area contributed by atoms with Crippen LogP contribution in [0.5, 0.6) is 0 Å². The molecule has 1 fully saturated rings. The predicted octanol–water partition coefficient (Wildman–Crippen LogP) is 4.25. The molecule has 1 saturated carbocycles. The first-order valence-electron chi connectivity index (χ1n) is 8.28. The van der Waals surface area contributed by atoms with Gasteiger partial charge in [0.1, 0.15) is 0 Å². The molecule has 118 valence electrons. The average molecular weight is 290 g/mol. The van der Waals surface area contributed by atoms with E-state index in [2.05, 4.69) is 32.9 Å². The lowest BCUT2D eigenvalue weighted by Gasteiger charge is -2.36. The maximum atomic E-state index is 10.9. The molecule has 1 aromatic carbocycles. The first-order valence-corrected chi connectivity index (χ1v) is 8.28. The predicted molar refractivity (Wildman–Crippen MR) is 87.8 cm³/mol. The molecule has 0 spiro atoms. The first kappa shape index (κ1) is 16.5. The van der Waals surface area contributed by atoms with Gasteiger partial charge in [0.2, 0.25) is 0 Å². The Morgan fingerprint density at radius 3 is 2.05 bits per heavy atom. The van der Waals surface area contributed by atoms with Crippen molar-refractivity contribution >= 4 is 0 Å². The van der Waals surface area contributed by atoms with Crippen molar-refractivity contribution in [2.24, 2.45) is 0 Å². The summed E-state index contributed by atoms with van der Waals surface area (Å²) in [6.45, 7) is 6.42. The summed E-state index contributed by atoms with van der Waals surface area (Å²) < 4.78 is 5.85. The second-order valence-electron chi connectivity index (χ2n) is 6.78. The molecule has 21 heavy (non-hydrogen) atoms. The molecular formula is C19H30O2. The fraction of sp³-hybridized carbons (Fsp3) is 0.684. The van der Waals surface area contributed by atoms with Crippen molar-refractivity contribution in [1.29, 1.82) is 0 Å². The number of aliphatic hydroxyl groups is 1. The Morgan fingerprint density at radius 1 is 1.05 bits per heavy atom. The van der Waals surface area contributed by atoms with E-state index in [9.17, 15) is 5.11 Å². The molecule has 1 aromatic rings. The fourth-order valence-corrected chi connectivity index (χ4v) is 3.91. The minimum atomic E-state index is -0.416. The summed E-state index contributed by atoms with van der Waals surface area (Å²) in [5.74, 6) is 0. The lowest BCUT2D eigenvalue weighted by molar-refractivity contribution is -0.111. The molecule has 0 aliphatic heterocycles. The molecule has 0 saturated heterocycles. The highest BCUT2D eigenvalue weighted by molar-refractivity contribution is 5.38. The van der Waals surface area contributed by atoms with E-state index < -0.39 is 6.10 Å². The molecule has 1 aliphatic carbocycles. The van der Waals surface area contributed by atoms with Crippen LogP contribution < -0.4 is 0 Å². The maximum Gasteiger partial charge on any atom is 0.0939 e. The Balaban J connectivity index is 2.21. The smallest absolute Gasteiger partial charge is 0.0939 e. The quantitative estimate of drug-likeness (QED) is 0.840. The number of aryl methyl sites for hydroxylation is 3. The molecule has 2 rings (SSSR count). The standard InChI is InChI=1S/C19H30O2/c1-14-11-15(2)17(16(3)12-14)13-18(20)19(21-4)9-7-5-6-8-10-19/h11-12,18,20H,5-10,13H2,1-4H3. The third kappa shape index (κ3) is 3.67. The lowest BCUT2D eigenvalue weighted by atomic mass is 9.83. The van der Waals surface area contributed by atoms with Gasteiger partial charge in [-0.3, -0.25) is 0 Å². The minimum Gasteiger partial charge on any atom is -0.390 e. The van der Waals surface area contributed by atoms with Crippen LogP contribution in [0.4, 0.5) is 0 Å². The van der Waals surface area contributed by atoms with E-state index in [-0.39, 0.29) is 5.60 Å². The van der Waals surface area contributed by atoms with E-state index in [0.717, 1.165) is 25.7 Å². The molecule has 0 heterocycles. The summed E-state index contributed by atoms with van der Waals surface area (Å²) >= 11 is 0. The number of benzene rings is 1. The largest absolute Gasteiger partial charge is 0.390 e. The molecule has 1 N–H and O–H groups in total. The third-order valence-electron chi connectivity index (χ3n) is 5.20. The number of rotatable bonds is 4. The zero-order valence-electron chi connectivity index (χ0n) is 14.0. The molecule has 0 radical (unpaired) electrons. The molecule has 0 aromatic heterocycles. The highest BCUT2D eigenvalue weighted by Gasteiger charge is 2.38. The summed E-state index contributed by atoms with van der Waals surface area (Å²) in [5, 5.41) is 10.9. The molecule has 1 aliphatic rings. The molecule has 2 nitrogen and oxygen atoms in total. The summed E-state index contributed by atoms with van der Waals surface area (Å²) in [4.78, 5) is 0. The van der Waals surface area contributed by atoms with Gasteiger partial charge in [-0.25, -0.2) is 0 Å². The van der Waals surface area contributed by atoms with Crippen molar-refractivity contribution < 1.29 is 9.84 Å². The van der Waals surface area contributed by atoms with Crippen molar-refractivity contribution in [3.63, 3.8) is 0 Å². The fourth-order valence-electron chi connectivity index (χ4n) is 3.91. The van der Waals surface area contributed by atoms with E-state index in [1.165, 1.54) is 35.1 Å². The number of aliphatic hydroxyl groups excluding tert-OH is 1. The average Bonchev–Trinajstić information content (AvgIpc) is 2.68. The Kier molecular flexibility index (Phi) is 5.45. The van der Waals surface area contributed by atoms with Crippen LogP contribution in [-0.4, -0.2) is 23.9 Å². The topological polar surface area (TPSA) is 29.5 Å². The summed E-state index contributed by atoms with van der Waals surface area (Å²) in [7, 11) is 1.77. The second-order valence-corrected chi connectivity index (χ2v) is 6.78. The Bertz CT molecular complexity index is 447. The lowest BCUT2D eigenvalue weighted by Crippen LogP contribution is -2.45. The van der Waals surface area contributed by atoms with Crippen LogP contribution in [0.15, 0.2) is 12.1 Å². The van der Waals surface area contributed by atoms with Crippen molar-refractivity contribution in [1.82, 2.24) is 0 Å². The van der Waals surface area contributed by atoms with Gasteiger partial charge in [0, 0.05) is 13.5 Å². The van der Waals surface area contributed by atoms with Crippen LogP contribution in [0.3, 0.4) is 0 Å². The normalized spacial score (nSPS) is 20.0. The van der Waals surface area contributed by atoms with Crippen LogP contribution >= 0.6 is 0 Å². The van der Waals surface area contributed by atoms with Crippen molar-refractivity contribution in [3.05, 3.63) is 34.4 Å². The van der Waals surface area contributed by atoms with Crippen molar-refractivity contribution in [2.45, 2.75) is 77.4 Å². The molecule has 1 unspecified atom stereocenters. The van der Waals surface area contributed by atoms with E-state index in [0.29, 0.717) is 6.42 Å². The summed E-state index contributed by atoms with van der Waals surface area (Å²) in [5.41, 5.74) is 4.80. The number of ether oxygens (including phenoxy) is 1. The van der Waals surface area contributed by atoms with Crippen LogP contribution in [0.1, 0.15) is 60.8 Å². The van der Waals surface area contributed by atoms with Crippen LogP contribution in [0, 0.1) is 20.8 Å². The second kappa shape index (κ2) is 6.93. The molecule has 0 bridgehead atoms. The zero-order chi connectivity index (χ0) is 15.5. The Hall–Kier alpha value is -0.860. The van der Waals surface area contributed by atoms with Gasteiger partial charge in [0.25, 0.3) is 0 Å². The van der Waals surface area contributed by atoms with Gasteiger partial charge in [-0.2, -0.15) is 0 Å². The molecule has 1 atom stereocenters. The third-order valence-corrected chi connectivity index (χ3v) is 5.20. The van der Waals surface area contributed by atoms with Gasteiger partial charge in [0.05, 0.1) is 11.7 Å². The van der Waals surface area contributed by atoms with E-state index >= 15 is 0 Å². The van der Waals surface area contributed by atoms with Gasteiger partial charge in [-0.05, 0) is 50.3 Å². The highest BCUT2D eigenvalue weighted by Crippen LogP contribution is 2.35. The number of hydrogen-bond acceptors (Lipinski definition) is 2. The van der Waals surface area contributed by atoms with Gasteiger partial charge in [-0.1, -0.05) is 43.4 Å². The van der Waals surface area contributed by atoms with Gasteiger partial charge < -0.3 is 9.84 Å². The first-order chi connectivity index (χ1) is 9.98. The zero-order valence-corrected chi connectivity index (χ0v) is 14.0. The van der Waals surface area contributed by atoms with Gasteiger partial charge >= 0.3 is 0 Å². The highest BCUT2D eigenvalue weighted by atomic mass is 16.5. The van der Waals surface area contributed by atoms with Crippen molar-refractivity contribution in [2.75, 3.05) is 7.11 Å². The number of methoxy groups -OCH3 is 1. The van der Waals surface area contributed by atoms with Crippen LogP contribution in [0.25, 0.3) is 0 Å². The molecular weight excluding hydrogens is 260 g/mol. The minimum absolute atomic E-state index is 0.347. The van der Waals surface area contributed by atoms with Crippen LogP contribution in [-0.2, 0) is 11.2 Å². The molecule has 0 amide bonds. The van der Waals surface area contributed by atoms with E-state index in [4.69, 9.17) is 4.74 Å². The SMILES string of the molecule is COC1(C(O)Cc2c(C)cc(C)cc2C)CCCCCC1. The van der Waals surface area contributed by atoms with E-state index in [1.54, 1.807) is 7.11 Å².